The first-order valence-electron chi connectivity index (χ1n) is 6.65. The number of thiocarbonyl (C=S) groups is 1. The van der Waals surface area contributed by atoms with Crippen LogP contribution in [-0.4, -0.2) is 18.1 Å². The fourth-order valence-corrected chi connectivity index (χ4v) is 1.95. The van der Waals surface area contributed by atoms with Gasteiger partial charge in [0, 0.05) is 5.56 Å². The Bertz CT molecular complexity index is 720. The summed E-state index contributed by atoms with van der Waals surface area (Å²) in [6, 6.07) is 10.7. The van der Waals surface area contributed by atoms with Gasteiger partial charge in [-0.1, -0.05) is 12.1 Å². The van der Waals surface area contributed by atoms with E-state index >= 15 is 0 Å². The standard InChI is InChI=1S/C16H15FN2O3S/c1-21-14-8-11(15(20)19-16(18)23)4-7-13(14)22-9-10-2-5-12(17)6-3-10/h2-8H,9H2,1H3,(H3,18,19,20,23). The second kappa shape index (κ2) is 7.55. The zero-order valence-electron chi connectivity index (χ0n) is 12.3. The lowest BCUT2D eigenvalue weighted by Crippen LogP contribution is -2.34. The first kappa shape index (κ1) is 16.7. The summed E-state index contributed by atoms with van der Waals surface area (Å²) in [5.41, 5.74) is 6.42. The van der Waals surface area contributed by atoms with Gasteiger partial charge in [-0.05, 0) is 48.1 Å². The van der Waals surface area contributed by atoms with Crippen molar-refractivity contribution in [3.8, 4) is 11.5 Å². The molecule has 0 radical (unpaired) electrons. The largest absolute Gasteiger partial charge is 0.493 e. The average Bonchev–Trinajstić information content (AvgIpc) is 2.53. The van der Waals surface area contributed by atoms with E-state index in [2.05, 4.69) is 17.5 Å². The lowest BCUT2D eigenvalue weighted by molar-refractivity contribution is 0.0977. The zero-order chi connectivity index (χ0) is 16.8. The van der Waals surface area contributed by atoms with E-state index in [1.54, 1.807) is 24.3 Å². The number of methoxy groups -OCH3 is 1. The highest BCUT2D eigenvalue weighted by atomic mass is 32.1. The third-order valence-corrected chi connectivity index (χ3v) is 3.07. The average molecular weight is 334 g/mol. The molecule has 0 aliphatic rings. The Kier molecular flexibility index (Phi) is 5.48. The summed E-state index contributed by atoms with van der Waals surface area (Å²) >= 11 is 4.63. The van der Waals surface area contributed by atoms with Crippen LogP contribution in [0.2, 0.25) is 0 Å². The number of rotatable bonds is 5. The van der Waals surface area contributed by atoms with Gasteiger partial charge in [-0.2, -0.15) is 0 Å². The number of carbonyl (C=O) groups excluding carboxylic acids is 1. The molecule has 120 valence electrons. The molecule has 2 aromatic carbocycles. The van der Waals surface area contributed by atoms with Crippen LogP contribution < -0.4 is 20.5 Å². The van der Waals surface area contributed by atoms with E-state index in [0.29, 0.717) is 17.1 Å². The van der Waals surface area contributed by atoms with Crippen molar-refractivity contribution in [2.45, 2.75) is 6.61 Å². The number of hydrogen-bond acceptors (Lipinski definition) is 4. The molecule has 0 heterocycles. The van der Waals surface area contributed by atoms with Crippen molar-refractivity contribution in [1.82, 2.24) is 5.32 Å². The van der Waals surface area contributed by atoms with Gasteiger partial charge >= 0.3 is 0 Å². The maximum Gasteiger partial charge on any atom is 0.257 e. The van der Waals surface area contributed by atoms with Gasteiger partial charge in [-0.3, -0.25) is 10.1 Å². The normalized spacial score (nSPS) is 10.0. The van der Waals surface area contributed by atoms with Gasteiger partial charge in [0.25, 0.3) is 5.91 Å². The topological polar surface area (TPSA) is 73.6 Å². The minimum Gasteiger partial charge on any atom is -0.493 e. The van der Waals surface area contributed by atoms with Crippen LogP contribution in [0.25, 0.3) is 0 Å². The summed E-state index contributed by atoms with van der Waals surface area (Å²) in [7, 11) is 1.47. The Balaban J connectivity index is 2.11. The van der Waals surface area contributed by atoms with Gasteiger partial charge in [0.1, 0.15) is 12.4 Å². The maximum atomic E-state index is 12.9. The Morgan fingerprint density at radius 1 is 1.22 bits per heavy atom. The lowest BCUT2D eigenvalue weighted by Gasteiger charge is -2.12. The van der Waals surface area contributed by atoms with E-state index in [4.69, 9.17) is 15.2 Å². The molecule has 2 rings (SSSR count). The molecule has 0 atom stereocenters. The molecule has 0 bridgehead atoms. The molecule has 1 amide bonds. The highest BCUT2D eigenvalue weighted by molar-refractivity contribution is 7.80. The van der Waals surface area contributed by atoms with Gasteiger partial charge in [0.05, 0.1) is 7.11 Å². The highest BCUT2D eigenvalue weighted by Gasteiger charge is 2.12. The summed E-state index contributed by atoms with van der Waals surface area (Å²) in [4.78, 5) is 11.8. The Morgan fingerprint density at radius 2 is 1.91 bits per heavy atom. The van der Waals surface area contributed by atoms with E-state index in [1.807, 2.05) is 0 Å². The number of nitrogens with two attached hydrogens (primary N) is 1. The molecule has 3 N–H and O–H groups in total. The van der Waals surface area contributed by atoms with Crippen molar-refractivity contribution in [1.29, 1.82) is 0 Å². The van der Waals surface area contributed by atoms with Crippen molar-refractivity contribution in [3.05, 3.63) is 59.4 Å². The predicted molar refractivity (Wildman–Crippen MR) is 88.0 cm³/mol. The summed E-state index contributed by atoms with van der Waals surface area (Å²) in [6.07, 6.45) is 0. The second-order valence-corrected chi connectivity index (χ2v) is 5.04. The summed E-state index contributed by atoms with van der Waals surface area (Å²) in [5.74, 6) is 0.117. The fraction of sp³-hybridized carbons (Fsp3) is 0.125. The van der Waals surface area contributed by atoms with Gasteiger partial charge in [0.2, 0.25) is 0 Å². The van der Waals surface area contributed by atoms with Gasteiger partial charge < -0.3 is 15.2 Å². The molecule has 7 heteroatoms. The minimum absolute atomic E-state index is 0.106. The van der Waals surface area contributed by atoms with Gasteiger partial charge in [-0.15, -0.1) is 0 Å². The molecule has 0 saturated heterocycles. The molecule has 5 nitrogen and oxygen atoms in total. The number of amides is 1. The third-order valence-electron chi connectivity index (χ3n) is 2.97. The Labute approximate surface area is 138 Å². The quantitative estimate of drug-likeness (QED) is 0.822. The van der Waals surface area contributed by atoms with Crippen LogP contribution in [0.3, 0.4) is 0 Å². The van der Waals surface area contributed by atoms with Crippen LogP contribution in [0, 0.1) is 5.82 Å². The second-order valence-electron chi connectivity index (χ2n) is 4.60. The van der Waals surface area contributed by atoms with Crippen molar-refractivity contribution >= 4 is 23.2 Å². The molecular formula is C16H15FN2O3S. The van der Waals surface area contributed by atoms with Crippen LogP contribution in [0.4, 0.5) is 4.39 Å². The number of ether oxygens (including phenoxy) is 2. The van der Waals surface area contributed by atoms with E-state index in [9.17, 15) is 9.18 Å². The van der Waals surface area contributed by atoms with Crippen LogP contribution in [0.5, 0.6) is 11.5 Å². The van der Waals surface area contributed by atoms with Gasteiger partial charge in [0.15, 0.2) is 16.6 Å². The van der Waals surface area contributed by atoms with E-state index in [-0.39, 0.29) is 17.5 Å². The first-order chi connectivity index (χ1) is 11.0. The smallest absolute Gasteiger partial charge is 0.257 e. The van der Waals surface area contributed by atoms with Crippen molar-refractivity contribution in [3.63, 3.8) is 0 Å². The van der Waals surface area contributed by atoms with E-state index < -0.39 is 5.91 Å². The number of hydrogen-bond donors (Lipinski definition) is 2. The number of nitrogens with one attached hydrogen (secondary N) is 1. The van der Waals surface area contributed by atoms with Crippen LogP contribution in [-0.2, 0) is 6.61 Å². The monoisotopic (exact) mass is 334 g/mol. The van der Waals surface area contributed by atoms with Crippen molar-refractivity contribution < 1.29 is 18.7 Å². The number of benzene rings is 2. The van der Waals surface area contributed by atoms with Crippen molar-refractivity contribution in [2.24, 2.45) is 5.73 Å². The zero-order valence-corrected chi connectivity index (χ0v) is 13.2. The highest BCUT2D eigenvalue weighted by Crippen LogP contribution is 2.28. The van der Waals surface area contributed by atoms with Gasteiger partial charge in [-0.25, -0.2) is 4.39 Å². The molecule has 23 heavy (non-hydrogen) atoms. The van der Waals surface area contributed by atoms with Crippen LogP contribution in [0.15, 0.2) is 42.5 Å². The maximum absolute atomic E-state index is 12.9. The molecule has 0 aromatic heterocycles. The first-order valence-corrected chi connectivity index (χ1v) is 7.06. The lowest BCUT2D eigenvalue weighted by atomic mass is 10.2. The molecule has 0 aliphatic carbocycles. The molecule has 0 spiro atoms. The fourth-order valence-electron chi connectivity index (χ4n) is 1.85. The summed E-state index contributed by atoms with van der Waals surface area (Å²) in [5, 5.41) is 2.23. The summed E-state index contributed by atoms with van der Waals surface area (Å²) < 4.78 is 23.7. The number of carbonyl (C=O) groups is 1. The molecule has 0 unspecified atom stereocenters. The SMILES string of the molecule is COc1cc(C(=O)NC(N)=S)ccc1OCc1ccc(F)cc1. The van der Waals surface area contributed by atoms with E-state index in [0.717, 1.165) is 5.56 Å². The molecule has 0 saturated carbocycles. The molecule has 0 aliphatic heterocycles. The molecular weight excluding hydrogens is 319 g/mol. The predicted octanol–water partition coefficient (Wildman–Crippen LogP) is 2.39. The molecule has 2 aromatic rings. The van der Waals surface area contributed by atoms with Crippen LogP contribution in [0.1, 0.15) is 15.9 Å². The van der Waals surface area contributed by atoms with Crippen molar-refractivity contribution in [2.75, 3.05) is 7.11 Å². The van der Waals surface area contributed by atoms with Crippen LogP contribution >= 0.6 is 12.2 Å². The number of halogens is 1. The Hall–Kier alpha value is -2.67. The summed E-state index contributed by atoms with van der Waals surface area (Å²) in [6.45, 7) is 0.245. The van der Waals surface area contributed by atoms with E-state index in [1.165, 1.54) is 25.3 Å². The third kappa shape index (κ3) is 4.65. The minimum atomic E-state index is -0.430. The Morgan fingerprint density at radius 3 is 2.52 bits per heavy atom. The molecule has 0 fully saturated rings.